The van der Waals surface area contributed by atoms with Gasteiger partial charge in [0.15, 0.2) is 5.16 Å². The second-order valence-corrected chi connectivity index (χ2v) is 5.24. The maximum atomic E-state index is 11.6. The molecule has 0 aliphatic heterocycles. The van der Waals surface area contributed by atoms with Gasteiger partial charge in [0, 0.05) is 17.9 Å². The lowest BCUT2D eigenvalue weighted by atomic mass is 10.3. The first-order chi connectivity index (χ1) is 9.11. The highest BCUT2D eigenvalue weighted by atomic mass is 32.2. The first kappa shape index (κ1) is 13.8. The Bertz CT molecular complexity index is 595. The summed E-state index contributed by atoms with van der Waals surface area (Å²) in [5, 5.41) is 11.6. The third kappa shape index (κ3) is 3.23. The zero-order valence-electron chi connectivity index (χ0n) is 11.3. The topological polar surface area (TPSA) is 72.2 Å². The number of hydrogen-bond donors (Lipinski definition) is 1. The SMILES string of the molecule is CCCNC(=O)CSc1nnc2nc(C)cc(C)n12. The molecule has 0 fully saturated rings. The largest absolute Gasteiger partial charge is 0.355 e. The van der Waals surface area contributed by atoms with E-state index in [-0.39, 0.29) is 5.91 Å². The molecule has 0 saturated heterocycles. The molecular weight excluding hydrogens is 262 g/mol. The third-order valence-corrected chi connectivity index (χ3v) is 3.50. The minimum absolute atomic E-state index is 0.0151. The number of aromatic nitrogens is 4. The van der Waals surface area contributed by atoms with E-state index in [0.29, 0.717) is 23.2 Å². The molecule has 0 unspecified atom stereocenters. The van der Waals surface area contributed by atoms with Crippen molar-refractivity contribution < 1.29 is 4.79 Å². The van der Waals surface area contributed by atoms with Crippen LogP contribution in [0.4, 0.5) is 0 Å². The Labute approximate surface area is 116 Å². The number of rotatable bonds is 5. The summed E-state index contributed by atoms with van der Waals surface area (Å²) in [7, 11) is 0. The summed E-state index contributed by atoms with van der Waals surface area (Å²) < 4.78 is 1.87. The van der Waals surface area contributed by atoms with Crippen molar-refractivity contribution in [2.24, 2.45) is 0 Å². The Balaban J connectivity index is 2.11. The zero-order valence-corrected chi connectivity index (χ0v) is 12.1. The van der Waals surface area contributed by atoms with Crippen LogP contribution in [0.1, 0.15) is 24.7 Å². The molecule has 0 aliphatic rings. The van der Waals surface area contributed by atoms with Crippen molar-refractivity contribution in [3.05, 3.63) is 17.5 Å². The van der Waals surface area contributed by atoms with E-state index >= 15 is 0 Å². The number of carbonyl (C=O) groups is 1. The minimum atomic E-state index is 0.0151. The van der Waals surface area contributed by atoms with E-state index in [1.165, 1.54) is 11.8 Å². The van der Waals surface area contributed by atoms with Crippen molar-refractivity contribution in [2.75, 3.05) is 12.3 Å². The summed E-state index contributed by atoms with van der Waals surface area (Å²) in [4.78, 5) is 15.9. The van der Waals surface area contributed by atoms with Gasteiger partial charge < -0.3 is 5.32 Å². The van der Waals surface area contributed by atoms with Gasteiger partial charge in [-0.3, -0.25) is 9.20 Å². The average Bonchev–Trinajstić information content (AvgIpc) is 2.77. The summed E-state index contributed by atoms with van der Waals surface area (Å²) in [6.07, 6.45) is 0.937. The summed E-state index contributed by atoms with van der Waals surface area (Å²) in [5.41, 5.74) is 1.93. The molecular formula is C12H17N5OS. The van der Waals surface area contributed by atoms with E-state index in [1.54, 1.807) is 0 Å². The number of nitrogens with one attached hydrogen (secondary N) is 1. The maximum Gasteiger partial charge on any atom is 0.256 e. The second-order valence-electron chi connectivity index (χ2n) is 4.30. The van der Waals surface area contributed by atoms with Crippen molar-refractivity contribution in [2.45, 2.75) is 32.3 Å². The highest BCUT2D eigenvalue weighted by Gasteiger charge is 2.11. The Hall–Kier alpha value is -1.63. The maximum absolute atomic E-state index is 11.6. The lowest BCUT2D eigenvalue weighted by Crippen LogP contribution is -2.25. The van der Waals surface area contributed by atoms with Crippen molar-refractivity contribution in [3.8, 4) is 0 Å². The third-order valence-electron chi connectivity index (χ3n) is 2.57. The summed E-state index contributed by atoms with van der Waals surface area (Å²) in [6.45, 7) is 6.63. The molecule has 7 heteroatoms. The normalized spacial score (nSPS) is 10.9. The van der Waals surface area contributed by atoms with E-state index in [2.05, 4.69) is 20.5 Å². The molecule has 0 radical (unpaired) electrons. The van der Waals surface area contributed by atoms with Crippen LogP contribution < -0.4 is 5.32 Å². The van der Waals surface area contributed by atoms with Crippen LogP contribution in [0, 0.1) is 13.8 Å². The molecule has 2 heterocycles. The van der Waals surface area contributed by atoms with Crippen LogP contribution in [0.25, 0.3) is 5.78 Å². The standard InChI is InChI=1S/C12H17N5OS/c1-4-5-13-10(18)7-19-12-16-15-11-14-8(2)6-9(3)17(11)12/h6H,4-5,7H2,1-3H3,(H,13,18). The number of hydrogen-bond acceptors (Lipinski definition) is 5. The van der Waals surface area contributed by atoms with Gasteiger partial charge in [-0.1, -0.05) is 18.7 Å². The molecule has 0 spiro atoms. The fourth-order valence-corrected chi connectivity index (χ4v) is 2.55. The van der Waals surface area contributed by atoms with Gasteiger partial charge in [0.1, 0.15) is 0 Å². The van der Waals surface area contributed by atoms with E-state index in [1.807, 2.05) is 31.2 Å². The van der Waals surface area contributed by atoms with Crippen LogP contribution in [0.2, 0.25) is 0 Å². The number of carbonyl (C=O) groups excluding carboxylic acids is 1. The lowest BCUT2D eigenvalue weighted by molar-refractivity contribution is -0.118. The molecule has 2 aromatic heterocycles. The number of thioether (sulfide) groups is 1. The molecule has 0 aromatic carbocycles. The van der Waals surface area contributed by atoms with Crippen LogP contribution in [-0.2, 0) is 4.79 Å². The van der Waals surface area contributed by atoms with Gasteiger partial charge in [-0.15, -0.1) is 10.2 Å². The first-order valence-electron chi connectivity index (χ1n) is 6.20. The molecule has 2 aromatic rings. The number of aryl methyl sites for hydroxylation is 2. The monoisotopic (exact) mass is 279 g/mol. The molecule has 102 valence electrons. The van der Waals surface area contributed by atoms with Gasteiger partial charge in [-0.25, -0.2) is 4.98 Å². The summed E-state index contributed by atoms with van der Waals surface area (Å²) in [5.74, 6) is 0.934. The van der Waals surface area contributed by atoms with E-state index in [0.717, 1.165) is 17.8 Å². The molecule has 6 nitrogen and oxygen atoms in total. The van der Waals surface area contributed by atoms with Gasteiger partial charge in [-0.2, -0.15) is 0 Å². The minimum Gasteiger partial charge on any atom is -0.355 e. The average molecular weight is 279 g/mol. The van der Waals surface area contributed by atoms with Crippen LogP contribution in [0.15, 0.2) is 11.2 Å². The number of nitrogens with zero attached hydrogens (tertiary/aromatic N) is 4. The summed E-state index contributed by atoms with van der Waals surface area (Å²) in [6, 6.07) is 1.97. The summed E-state index contributed by atoms with van der Waals surface area (Å²) >= 11 is 1.37. The molecule has 19 heavy (non-hydrogen) atoms. The van der Waals surface area contributed by atoms with Gasteiger partial charge in [0.2, 0.25) is 5.91 Å². The van der Waals surface area contributed by atoms with E-state index in [9.17, 15) is 4.79 Å². The van der Waals surface area contributed by atoms with Crippen LogP contribution in [0.3, 0.4) is 0 Å². The molecule has 2 rings (SSSR count). The number of amides is 1. The van der Waals surface area contributed by atoms with Crippen molar-refractivity contribution >= 4 is 23.4 Å². The van der Waals surface area contributed by atoms with Gasteiger partial charge in [-0.05, 0) is 26.3 Å². The second kappa shape index (κ2) is 6.01. The lowest BCUT2D eigenvalue weighted by Gasteiger charge is -2.04. The zero-order chi connectivity index (χ0) is 13.8. The Morgan fingerprint density at radius 3 is 2.95 bits per heavy atom. The molecule has 0 bridgehead atoms. The van der Waals surface area contributed by atoms with E-state index < -0.39 is 0 Å². The molecule has 1 N–H and O–H groups in total. The van der Waals surface area contributed by atoms with Crippen molar-refractivity contribution in [1.82, 2.24) is 24.9 Å². The fraction of sp³-hybridized carbons (Fsp3) is 0.500. The molecule has 0 aliphatic carbocycles. The molecule has 0 saturated carbocycles. The predicted octanol–water partition coefficient (Wildman–Crippen LogP) is 1.36. The van der Waals surface area contributed by atoms with Crippen molar-refractivity contribution in [3.63, 3.8) is 0 Å². The highest BCUT2D eigenvalue weighted by molar-refractivity contribution is 7.99. The first-order valence-corrected chi connectivity index (χ1v) is 7.19. The Kier molecular flexibility index (Phi) is 4.36. The fourth-order valence-electron chi connectivity index (χ4n) is 1.74. The Morgan fingerprint density at radius 1 is 1.42 bits per heavy atom. The van der Waals surface area contributed by atoms with Crippen LogP contribution in [0.5, 0.6) is 0 Å². The van der Waals surface area contributed by atoms with Gasteiger partial charge in [0.25, 0.3) is 5.78 Å². The van der Waals surface area contributed by atoms with Crippen LogP contribution >= 0.6 is 11.8 Å². The predicted molar refractivity (Wildman–Crippen MR) is 74.3 cm³/mol. The highest BCUT2D eigenvalue weighted by Crippen LogP contribution is 2.18. The van der Waals surface area contributed by atoms with Gasteiger partial charge in [0.05, 0.1) is 5.75 Å². The van der Waals surface area contributed by atoms with Crippen molar-refractivity contribution in [1.29, 1.82) is 0 Å². The van der Waals surface area contributed by atoms with E-state index in [4.69, 9.17) is 0 Å². The molecule has 0 atom stereocenters. The van der Waals surface area contributed by atoms with Gasteiger partial charge >= 0.3 is 0 Å². The quantitative estimate of drug-likeness (QED) is 0.837. The Morgan fingerprint density at radius 2 is 2.21 bits per heavy atom. The van der Waals surface area contributed by atoms with Crippen LogP contribution in [-0.4, -0.2) is 37.8 Å². The molecule has 1 amide bonds. The smallest absolute Gasteiger partial charge is 0.256 e. The number of fused-ring (bicyclic) bond motifs is 1.